The topological polar surface area (TPSA) is 32.3 Å². The molecule has 1 fully saturated rings. The van der Waals surface area contributed by atoms with Crippen molar-refractivity contribution in [3.05, 3.63) is 0 Å². The summed E-state index contributed by atoms with van der Waals surface area (Å²) in [6.07, 6.45) is 3.74. The second-order valence-corrected chi connectivity index (χ2v) is 4.86. The average Bonchev–Trinajstić information content (AvgIpc) is 1.98. The molecule has 0 heterocycles. The zero-order chi connectivity index (χ0) is 9.14. The number of rotatable bonds is 2. The lowest BCUT2D eigenvalue weighted by atomic mass is 9.80. The molecule has 4 heteroatoms. The largest absolute Gasteiger partial charge is 0.437 e. The average molecular weight is 234 g/mol. The van der Waals surface area contributed by atoms with Crippen molar-refractivity contribution in [1.82, 2.24) is 5.23 Å². The van der Waals surface area contributed by atoms with Crippen molar-refractivity contribution >= 4 is 23.0 Å². The Kier molecular flexibility index (Phi) is 4.07. The van der Waals surface area contributed by atoms with Crippen LogP contribution >= 0.6 is 15.9 Å². The molecule has 2 N–H and O–H groups in total. The van der Waals surface area contributed by atoms with Crippen LogP contribution in [0.2, 0.25) is 6.82 Å². The highest BCUT2D eigenvalue weighted by atomic mass is 79.9. The van der Waals surface area contributed by atoms with Crippen LogP contribution in [0.1, 0.15) is 26.2 Å². The SMILES string of the molecule is CB(O)NC1CCCC(C)C1Br. The van der Waals surface area contributed by atoms with E-state index < -0.39 is 0 Å². The summed E-state index contributed by atoms with van der Waals surface area (Å²) in [7, 11) is -0.389. The molecule has 0 radical (unpaired) electrons. The molecule has 1 rings (SSSR count). The van der Waals surface area contributed by atoms with E-state index in [0.29, 0.717) is 10.9 Å². The van der Waals surface area contributed by atoms with E-state index in [2.05, 4.69) is 28.1 Å². The molecular weight excluding hydrogens is 217 g/mol. The molecule has 0 aromatic rings. The van der Waals surface area contributed by atoms with Gasteiger partial charge in [0.25, 0.3) is 0 Å². The van der Waals surface area contributed by atoms with Gasteiger partial charge < -0.3 is 10.3 Å². The fourth-order valence-electron chi connectivity index (χ4n) is 1.86. The van der Waals surface area contributed by atoms with Gasteiger partial charge in [0, 0.05) is 10.9 Å². The summed E-state index contributed by atoms with van der Waals surface area (Å²) >= 11 is 3.67. The van der Waals surface area contributed by atoms with Gasteiger partial charge in [-0.1, -0.05) is 29.3 Å². The maximum absolute atomic E-state index is 9.18. The number of hydrogen-bond acceptors (Lipinski definition) is 2. The standard InChI is InChI=1S/C8H17BBrNO/c1-6-4-3-5-7(8(6)10)11-9(2)12/h6-8,11-12H,3-5H2,1-2H3. The van der Waals surface area contributed by atoms with E-state index in [1.165, 1.54) is 19.3 Å². The third kappa shape index (κ3) is 2.75. The Labute approximate surface area is 83.4 Å². The molecule has 0 saturated heterocycles. The van der Waals surface area contributed by atoms with Crippen LogP contribution in [0, 0.1) is 5.92 Å². The first-order valence-corrected chi connectivity index (χ1v) is 5.61. The highest BCUT2D eigenvalue weighted by Gasteiger charge is 2.29. The van der Waals surface area contributed by atoms with E-state index in [1.54, 1.807) is 6.82 Å². The van der Waals surface area contributed by atoms with Crippen molar-refractivity contribution in [1.29, 1.82) is 0 Å². The molecule has 0 aliphatic heterocycles. The maximum atomic E-state index is 9.18. The zero-order valence-electron chi connectivity index (χ0n) is 7.76. The molecule has 70 valence electrons. The summed E-state index contributed by atoms with van der Waals surface area (Å²) in [4.78, 5) is 0.515. The molecule has 0 amide bonds. The van der Waals surface area contributed by atoms with Crippen molar-refractivity contribution in [3.63, 3.8) is 0 Å². The van der Waals surface area contributed by atoms with Crippen LogP contribution in [0.15, 0.2) is 0 Å². The van der Waals surface area contributed by atoms with Gasteiger partial charge in [0.05, 0.1) is 0 Å². The Morgan fingerprint density at radius 1 is 1.50 bits per heavy atom. The summed E-state index contributed by atoms with van der Waals surface area (Å²) < 4.78 is 0. The number of hydrogen-bond donors (Lipinski definition) is 2. The van der Waals surface area contributed by atoms with Gasteiger partial charge in [-0.15, -0.1) is 0 Å². The van der Waals surface area contributed by atoms with Crippen molar-refractivity contribution in [3.8, 4) is 0 Å². The van der Waals surface area contributed by atoms with Crippen LogP contribution in [0.3, 0.4) is 0 Å². The van der Waals surface area contributed by atoms with E-state index in [0.717, 1.165) is 5.92 Å². The molecule has 0 aromatic carbocycles. The Morgan fingerprint density at radius 3 is 2.75 bits per heavy atom. The molecule has 2 nitrogen and oxygen atoms in total. The Bertz CT molecular complexity index is 145. The van der Waals surface area contributed by atoms with E-state index >= 15 is 0 Å². The molecule has 0 spiro atoms. The minimum atomic E-state index is -0.389. The molecule has 12 heavy (non-hydrogen) atoms. The summed E-state index contributed by atoms with van der Waals surface area (Å²) in [5, 5.41) is 12.3. The predicted octanol–water partition coefficient (Wildman–Crippen LogP) is 1.64. The fraction of sp³-hybridized carbons (Fsp3) is 1.00. The van der Waals surface area contributed by atoms with Crippen molar-refractivity contribution in [2.24, 2.45) is 5.92 Å². The van der Waals surface area contributed by atoms with Crippen LogP contribution in [-0.2, 0) is 0 Å². The lowest BCUT2D eigenvalue weighted by Crippen LogP contribution is -2.48. The van der Waals surface area contributed by atoms with Gasteiger partial charge >= 0.3 is 7.05 Å². The molecule has 1 aliphatic carbocycles. The molecule has 3 unspecified atom stereocenters. The third-order valence-corrected chi connectivity index (χ3v) is 4.10. The smallest absolute Gasteiger partial charge is 0.373 e. The minimum absolute atomic E-state index is 0.389. The van der Waals surface area contributed by atoms with Gasteiger partial charge in [-0.05, 0) is 25.6 Å². The first-order valence-electron chi connectivity index (χ1n) is 4.69. The molecule has 1 saturated carbocycles. The summed E-state index contributed by atoms with van der Waals surface area (Å²) in [6.45, 7) is 4.04. The molecule has 1 aliphatic rings. The second kappa shape index (κ2) is 4.63. The Balaban J connectivity index is 2.41. The van der Waals surface area contributed by atoms with Crippen LogP contribution in [-0.4, -0.2) is 22.9 Å². The van der Waals surface area contributed by atoms with Crippen LogP contribution in [0.4, 0.5) is 0 Å². The van der Waals surface area contributed by atoms with Gasteiger partial charge in [0.15, 0.2) is 0 Å². The highest BCUT2D eigenvalue weighted by molar-refractivity contribution is 9.09. The number of alkyl halides is 1. The summed E-state index contributed by atoms with van der Waals surface area (Å²) in [5.74, 6) is 0.718. The lowest BCUT2D eigenvalue weighted by Gasteiger charge is -2.33. The highest BCUT2D eigenvalue weighted by Crippen LogP contribution is 2.29. The van der Waals surface area contributed by atoms with Gasteiger partial charge in [-0.2, -0.15) is 0 Å². The first-order chi connectivity index (χ1) is 5.61. The van der Waals surface area contributed by atoms with Gasteiger partial charge in [0.1, 0.15) is 0 Å². The van der Waals surface area contributed by atoms with Crippen LogP contribution in [0.5, 0.6) is 0 Å². The van der Waals surface area contributed by atoms with Gasteiger partial charge in [-0.25, -0.2) is 0 Å². The van der Waals surface area contributed by atoms with E-state index in [9.17, 15) is 5.02 Å². The van der Waals surface area contributed by atoms with Gasteiger partial charge in [-0.3, -0.25) is 0 Å². The summed E-state index contributed by atoms with van der Waals surface area (Å²) in [6, 6.07) is 0.439. The van der Waals surface area contributed by atoms with E-state index in [-0.39, 0.29) is 7.05 Å². The summed E-state index contributed by atoms with van der Waals surface area (Å²) in [5.41, 5.74) is 0. The normalized spacial score (nSPS) is 36.5. The second-order valence-electron chi connectivity index (χ2n) is 3.80. The quantitative estimate of drug-likeness (QED) is 0.562. The van der Waals surface area contributed by atoms with E-state index in [4.69, 9.17) is 0 Å². The number of nitrogens with one attached hydrogen (secondary N) is 1. The van der Waals surface area contributed by atoms with Crippen molar-refractivity contribution < 1.29 is 5.02 Å². The fourth-order valence-corrected chi connectivity index (χ4v) is 2.54. The molecule has 0 bridgehead atoms. The molecule has 0 aromatic heterocycles. The number of halogens is 1. The minimum Gasteiger partial charge on any atom is -0.437 e. The maximum Gasteiger partial charge on any atom is 0.373 e. The zero-order valence-corrected chi connectivity index (χ0v) is 9.34. The lowest BCUT2D eigenvalue weighted by molar-refractivity contribution is 0.337. The third-order valence-electron chi connectivity index (χ3n) is 2.56. The first kappa shape index (κ1) is 10.5. The Morgan fingerprint density at radius 2 is 2.17 bits per heavy atom. The van der Waals surface area contributed by atoms with Crippen molar-refractivity contribution in [2.45, 2.75) is 43.9 Å². The Hall–Kier alpha value is 0.465. The van der Waals surface area contributed by atoms with Gasteiger partial charge in [0.2, 0.25) is 0 Å². The van der Waals surface area contributed by atoms with E-state index in [1.807, 2.05) is 0 Å². The van der Waals surface area contributed by atoms with Crippen LogP contribution in [0.25, 0.3) is 0 Å². The van der Waals surface area contributed by atoms with Crippen LogP contribution < -0.4 is 5.23 Å². The molecule has 3 atom stereocenters. The predicted molar refractivity (Wildman–Crippen MR) is 56.5 cm³/mol. The molecular formula is C8H17BBrNO. The monoisotopic (exact) mass is 233 g/mol. The van der Waals surface area contributed by atoms with Crippen molar-refractivity contribution in [2.75, 3.05) is 0 Å².